The number of fused-ring (bicyclic) bond motifs is 1. The lowest BCUT2D eigenvalue weighted by Gasteiger charge is -2.10. The average molecular weight is 343 g/mol. The van der Waals surface area contributed by atoms with Gasteiger partial charge in [0.05, 0.1) is 17.6 Å². The summed E-state index contributed by atoms with van der Waals surface area (Å²) >= 11 is 5.89. The summed E-state index contributed by atoms with van der Waals surface area (Å²) in [5, 5.41) is 0.729. The lowest BCUT2D eigenvalue weighted by molar-refractivity contribution is 0.301. The third kappa shape index (κ3) is 4.09. The molecule has 0 radical (unpaired) electrons. The fraction of sp³-hybridized carbons (Fsp3) is 0.350. The number of aryl methyl sites for hydroxylation is 2. The number of hydrogen-bond donors (Lipinski definition) is 0. The Kier molecular flexibility index (Phi) is 5.76. The van der Waals surface area contributed by atoms with Gasteiger partial charge in [-0.15, -0.1) is 0 Å². The topological polar surface area (TPSA) is 27.1 Å². The molecule has 3 nitrogen and oxygen atoms in total. The van der Waals surface area contributed by atoms with E-state index in [-0.39, 0.29) is 0 Å². The van der Waals surface area contributed by atoms with Crippen LogP contribution in [0.1, 0.15) is 32.0 Å². The number of rotatable bonds is 8. The second-order valence-electron chi connectivity index (χ2n) is 5.93. The van der Waals surface area contributed by atoms with Gasteiger partial charge in [0.15, 0.2) is 0 Å². The third-order valence-corrected chi connectivity index (χ3v) is 4.35. The van der Waals surface area contributed by atoms with Gasteiger partial charge in [0.25, 0.3) is 0 Å². The first kappa shape index (κ1) is 16.8. The summed E-state index contributed by atoms with van der Waals surface area (Å²) in [7, 11) is 0. The summed E-state index contributed by atoms with van der Waals surface area (Å²) in [6.07, 6.45) is 4.33. The highest BCUT2D eigenvalue weighted by atomic mass is 35.5. The molecular weight excluding hydrogens is 320 g/mol. The largest absolute Gasteiger partial charge is 0.494 e. The molecule has 2 aromatic carbocycles. The van der Waals surface area contributed by atoms with E-state index in [4.69, 9.17) is 21.3 Å². The summed E-state index contributed by atoms with van der Waals surface area (Å²) in [6, 6.07) is 15.9. The minimum Gasteiger partial charge on any atom is -0.494 e. The molecule has 4 heteroatoms. The van der Waals surface area contributed by atoms with Crippen molar-refractivity contribution < 1.29 is 4.74 Å². The van der Waals surface area contributed by atoms with Crippen LogP contribution in [-0.4, -0.2) is 16.2 Å². The Morgan fingerprint density at radius 1 is 1.04 bits per heavy atom. The molecule has 0 amide bonds. The number of hydrogen-bond acceptors (Lipinski definition) is 2. The van der Waals surface area contributed by atoms with Crippen molar-refractivity contribution in [1.82, 2.24) is 9.55 Å². The van der Waals surface area contributed by atoms with Crippen LogP contribution in [0.5, 0.6) is 5.75 Å². The van der Waals surface area contributed by atoms with Crippen LogP contribution in [0.15, 0.2) is 48.5 Å². The Morgan fingerprint density at radius 2 is 1.83 bits per heavy atom. The first-order valence-corrected chi connectivity index (χ1v) is 8.98. The predicted molar refractivity (Wildman–Crippen MR) is 99.9 cm³/mol. The van der Waals surface area contributed by atoms with Crippen molar-refractivity contribution >= 4 is 22.6 Å². The fourth-order valence-electron chi connectivity index (χ4n) is 2.84. The summed E-state index contributed by atoms with van der Waals surface area (Å²) in [5.41, 5.74) is 2.30. The van der Waals surface area contributed by atoms with E-state index in [0.717, 1.165) is 35.7 Å². The van der Waals surface area contributed by atoms with Crippen molar-refractivity contribution in [1.29, 1.82) is 0 Å². The average Bonchev–Trinajstić information content (AvgIpc) is 2.96. The summed E-state index contributed by atoms with van der Waals surface area (Å²) in [6.45, 7) is 3.82. The molecule has 126 valence electrons. The lowest BCUT2D eigenvalue weighted by Crippen LogP contribution is -2.08. The van der Waals surface area contributed by atoms with Gasteiger partial charge in [0.2, 0.25) is 0 Å². The van der Waals surface area contributed by atoms with Crippen molar-refractivity contribution in [3.8, 4) is 5.75 Å². The maximum atomic E-state index is 5.89. The molecule has 0 spiro atoms. The second kappa shape index (κ2) is 8.20. The molecule has 0 saturated heterocycles. The Hall–Kier alpha value is -2.00. The Bertz CT molecular complexity index is 780. The Morgan fingerprint density at radius 3 is 2.62 bits per heavy atom. The minimum absolute atomic E-state index is 0.682. The monoisotopic (exact) mass is 342 g/mol. The van der Waals surface area contributed by atoms with E-state index >= 15 is 0 Å². The van der Waals surface area contributed by atoms with Crippen LogP contribution in [0.25, 0.3) is 11.0 Å². The molecule has 0 fully saturated rings. The van der Waals surface area contributed by atoms with Crippen LogP contribution in [0.2, 0.25) is 5.02 Å². The number of benzene rings is 2. The maximum Gasteiger partial charge on any atom is 0.119 e. The van der Waals surface area contributed by atoms with Crippen molar-refractivity contribution in [2.24, 2.45) is 0 Å². The number of ether oxygens (including phenoxy) is 1. The van der Waals surface area contributed by atoms with Crippen LogP contribution in [0, 0.1) is 0 Å². The van der Waals surface area contributed by atoms with Gasteiger partial charge in [0.1, 0.15) is 11.6 Å². The van der Waals surface area contributed by atoms with Gasteiger partial charge < -0.3 is 9.30 Å². The molecule has 0 aliphatic carbocycles. The smallest absolute Gasteiger partial charge is 0.119 e. The molecule has 0 bridgehead atoms. The van der Waals surface area contributed by atoms with Gasteiger partial charge in [-0.2, -0.15) is 0 Å². The normalized spacial score (nSPS) is 11.1. The van der Waals surface area contributed by atoms with Gasteiger partial charge >= 0.3 is 0 Å². The van der Waals surface area contributed by atoms with Gasteiger partial charge in [-0.05, 0) is 49.2 Å². The number of aromatic nitrogens is 2. The van der Waals surface area contributed by atoms with Crippen molar-refractivity contribution in [3.05, 3.63) is 59.4 Å². The molecule has 0 N–H and O–H groups in total. The number of unbranched alkanes of at least 4 members (excludes halogenated alkanes) is 1. The highest BCUT2D eigenvalue weighted by Gasteiger charge is 2.09. The Balaban J connectivity index is 1.64. The number of para-hydroxylation sites is 2. The van der Waals surface area contributed by atoms with Crippen molar-refractivity contribution in [2.75, 3.05) is 6.61 Å². The third-order valence-electron chi connectivity index (χ3n) is 4.10. The zero-order valence-electron chi connectivity index (χ0n) is 14.0. The SMILES string of the molecule is CCCCc1nc2ccccc2n1CCCOc1ccc(Cl)cc1. The first-order valence-electron chi connectivity index (χ1n) is 8.60. The van der Waals surface area contributed by atoms with E-state index in [0.29, 0.717) is 6.61 Å². The van der Waals surface area contributed by atoms with Crippen LogP contribution >= 0.6 is 11.6 Å². The quantitative estimate of drug-likeness (QED) is 0.505. The molecule has 1 heterocycles. The number of nitrogens with zero attached hydrogens (tertiary/aromatic N) is 2. The van der Waals surface area contributed by atoms with Gasteiger partial charge in [0, 0.05) is 18.0 Å². The number of imidazole rings is 1. The molecule has 0 saturated carbocycles. The molecule has 24 heavy (non-hydrogen) atoms. The van der Waals surface area contributed by atoms with E-state index in [9.17, 15) is 0 Å². The molecular formula is C20H23ClN2O. The zero-order valence-corrected chi connectivity index (χ0v) is 14.8. The van der Waals surface area contributed by atoms with Gasteiger partial charge in [-0.1, -0.05) is 37.1 Å². The van der Waals surface area contributed by atoms with Gasteiger partial charge in [-0.25, -0.2) is 4.98 Å². The molecule has 0 aliphatic rings. The molecule has 0 aliphatic heterocycles. The van der Waals surface area contributed by atoms with Crippen LogP contribution < -0.4 is 4.74 Å². The van der Waals surface area contributed by atoms with Crippen molar-refractivity contribution in [2.45, 2.75) is 39.2 Å². The molecule has 0 atom stereocenters. The van der Waals surface area contributed by atoms with E-state index in [2.05, 4.69) is 29.7 Å². The minimum atomic E-state index is 0.682. The fourth-order valence-corrected chi connectivity index (χ4v) is 2.97. The zero-order chi connectivity index (χ0) is 16.8. The second-order valence-corrected chi connectivity index (χ2v) is 6.36. The number of halogens is 1. The highest BCUT2D eigenvalue weighted by molar-refractivity contribution is 6.30. The Labute approximate surface area is 148 Å². The predicted octanol–water partition coefficient (Wildman–Crippen LogP) is 5.50. The molecule has 0 unspecified atom stereocenters. The van der Waals surface area contributed by atoms with Crippen LogP contribution in [-0.2, 0) is 13.0 Å². The highest BCUT2D eigenvalue weighted by Crippen LogP contribution is 2.19. The van der Waals surface area contributed by atoms with E-state index in [1.165, 1.54) is 24.2 Å². The molecule has 1 aromatic heterocycles. The van der Waals surface area contributed by atoms with E-state index in [1.54, 1.807) is 0 Å². The molecule has 3 rings (SSSR count). The molecule has 3 aromatic rings. The first-order chi connectivity index (χ1) is 11.8. The lowest BCUT2D eigenvalue weighted by atomic mass is 10.2. The maximum absolute atomic E-state index is 5.89. The van der Waals surface area contributed by atoms with E-state index < -0.39 is 0 Å². The van der Waals surface area contributed by atoms with E-state index in [1.807, 2.05) is 30.3 Å². The van der Waals surface area contributed by atoms with Crippen LogP contribution in [0.3, 0.4) is 0 Å². The standard InChI is InChI=1S/C20H23ClN2O/c1-2-3-9-20-22-18-7-4-5-8-19(18)23(20)14-6-15-24-17-12-10-16(21)11-13-17/h4-5,7-8,10-13H,2-3,6,9,14-15H2,1H3. The van der Waals surface area contributed by atoms with Crippen LogP contribution in [0.4, 0.5) is 0 Å². The summed E-state index contributed by atoms with van der Waals surface area (Å²) in [4.78, 5) is 4.80. The summed E-state index contributed by atoms with van der Waals surface area (Å²) in [5.74, 6) is 2.05. The van der Waals surface area contributed by atoms with Gasteiger partial charge in [-0.3, -0.25) is 0 Å². The van der Waals surface area contributed by atoms with Crippen molar-refractivity contribution in [3.63, 3.8) is 0 Å². The summed E-state index contributed by atoms with van der Waals surface area (Å²) < 4.78 is 8.14.